The van der Waals surface area contributed by atoms with E-state index >= 15 is 0 Å². The van der Waals surface area contributed by atoms with Gasteiger partial charge < -0.3 is 5.73 Å². The molecule has 1 aliphatic heterocycles. The third kappa shape index (κ3) is 2.25. The van der Waals surface area contributed by atoms with Gasteiger partial charge in [-0.3, -0.25) is 4.84 Å². The molecule has 1 heterocycles. The van der Waals surface area contributed by atoms with Gasteiger partial charge in [0.1, 0.15) is 0 Å². The molecule has 0 aliphatic carbocycles. The first-order chi connectivity index (χ1) is 4.83. The van der Waals surface area contributed by atoms with Gasteiger partial charge in [0.15, 0.2) is 0 Å². The lowest BCUT2D eigenvalue weighted by atomic mass is 10.1. The van der Waals surface area contributed by atoms with Gasteiger partial charge in [-0.05, 0) is 19.8 Å². The van der Waals surface area contributed by atoms with Crippen molar-refractivity contribution in [2.75, 3.05) is 19.7 Å². The van der Waals surface area contributed by atoms with Crippen LogP contribution in [-0.2, 0) is 4.84 Å². The van der Waals surface area contributed by atoms with Gasteiger partial charge in [-0.25, -0.2) is 0 Å². The maximum Gasteiger partial charge on any atom is 0.0656 e. The molecule has 0 radical (unpaired) electrons. The first-order valence-corrected chi connectivity index (χ1v) is 3.96. The van der Waals surface area contributed by atoms with Crippen LogP contribution < -0.4 is 5.73 Å². The third-order valence-electron chi connectivity index (χ3n) is 1.81. The maximum absolute atomic E-state index is 5.71. The van der Waals surface area contributed by atoms with Crippen LogP contribution in [0.4, 0.5) is 0 Å². The third-order valence-corrected chi connectivity index (χ3v) is 1.81. The van der Waals surface area contributed by atoms with Gasteiger partial charge in [0.05, 0.1) is 6.61 Å². The Bertz CT molecular complexity index is 89.6. The van der Waals surface area contributed by atoms with Crippen LogP contribution in [0, 0.1) is 0 Å². The Kier molecular flexibility index (Phi) is 3.12. The van der Waals surface area contributed by atoms with E-state index in [0.717, 1.165) is 32.5 Å². The highest BCUT2D eigenvalue weighted by Gasteiger charge is 2.15. The lowest BCUT2D eigenvalue weighted by molar-refractivity contribution is -0.165. The SMILES string of the molecule is CCON1CCC(N)CC1. The van der Waals surface area contributed by atoms with Crippen LogP contribution in [0.25, 0.3) is 0 Å². The van der Waals surface area contributed by atoms with Crippen molar-refractivity contribution in [2.24, 2.45) is 5.73 Å². The molecule has 0 unspecified atom stereocenters. The molecule has 0 aromatic heterocycles. The van der Waals surface area contributed by atoms with Gasteiger partial charge in [0, 0.05) is 19.1 Å². The van der Waals surface area contributed by atoms with Crippen LogP contribution in [0.5, 0.6) is 0 Å². The van der Waals surface area contributed by atoms with Crippen LogP contribution in [0.2, 0.25) is 0 Å². The monoisotopic (exact) mass is 144 g/mol. The first kappa shape index (κ1) is 7.98. The van der Waals surface area contributed by atoms with Crippen LogP contribution in [-0.4, -0.2) is 30.8 Å². The Labute approximate surface area is 62.1 Å². The number of rotatable bonds is 2. The molecule has 1 aliphatic rings. The summed E-state index contributed by atoms with van der Waals surface area (Å²) in [6.45, 7) is 4.77. The highest BCUT2D eigenvalue weighted by molar-refractivity contribution is 4.69. The molecule has 3 nitrogen and oxygen atoms in total. The van der Waals surface area contributed by atoms with E-state index in [4.69, 9.17) is 10.6 Å². The van der Waals surface area contributed by atoms with Crippen molar-refractivity contribution in [3.63, 3.8) is 0 Å². The zero-order chi connectivity index (χ0) is 7.40. The molecule has 0 spiro atoms. The molecule has 0 aromatic carbocycles. The van der Waals surface area contributed by atoms with Crippen LogP contribution in [0.15, 0.2) is 0 Å². The fourth-order valence-corrected chi connectivity index (χ4v) is 1.19. The highest BCUT2D eigenvalue weighted by atomic mass is 16.7. The summed E-state index contributed by atoms with van der Waals surface area (Å²) in [5.74, 6) is 0. The lowest BCUT2D eigenvalue weighted by Crippen LogP contribution is -2.39. The molecule has 1 fully saturated rings. The van der Waals surface area contributed by atoms with E-state index in [0.29, 0.717) is 6.04 Å². The summed E-state index contributed by atoms with van der Waals surface area (Å²) < 4.78 is 0. The van der Waals surface area contributed by atoms with Gasteiger partial charge in [-0.2, -0.15) is 5.06 Å². The van der Waals surface area contributed by atoms with E-state index in [1.54, 1.807) is 0 Å². The van der Waals surface area contributed by atoms with E-state index in [2.05, 4.69) is 0 Å². The molecule has 60 valence electrons. The van der Waals surface area contributed by atoms with Gasteiger partial charge in [0.25, 0.3) is 0 Å². The molecule has 0 atom stereocenters. The van der Waals surface area contributed by atoms with Gasteiger partial charge in [0.2, 0.25) is 0 Å². The van der Waals surface area contributed by atoms with Crippen molar-refractivity contribution in [2.45, 2.75) is 25.8 Å². The molecule has 1 rings (SSSR count). The van der Waals surface area contributed by atoms with Gasteiger partial charge in [-0.1, -0.05) is 0 Å². The van der Waals surface area contributed by atoms with Crippen LogP contribution >= 0.6 is 0 Å². The summed E-state index contributed by atoms with van der Waals surface area (Å²) in [6.07, 6.45) is 2.14. The number of hydroxylamine groups is 2. The second-order valence-corrected chi connectivity index (χ2v) is 2.68. The predicted octanol–water partition coefficient (Wildman–Crippen LogP) is 0.361. The maximum atomic E-state index is 5.71. The highest BCUT2D eigenvalue weighted by Crippen LogP contribution is 2.07. The summed E-state index contributed by atoms with van der Waals surface area (Å²) in [4.78, 5) is 5.31. The van der Waals surface area contributed by atoms with Crippen LogP contribution in [0.1, 0.15) is 19.8 Å². The van der Waals surface area contributed by atoms with Crippen molar-refractivity contribution >= 4 is 0 Å². The molecule has 1 saturated heterocycles. The number of nitrogens with two attached hydrogens (primary N) is 1. The number of piperidine rings is 1. The Balaban J connectivity index is 2.13. The average molecular weight is 144 g/mol. The molecule has 2 N–H and O–H groups in total. The molecule has 10 heavy (non-hydrogen) atoms. The lowest BCUT2D eigenvalue weighted by Gasteiger charge is -2.28. The average Bonchev–Trinajstić information content (AvgIpc) is 1.95. The molecule has 0 bridgehead atoms. The normalized spacial score (nSPS) is 23.4. The zero-order valence-corrected chi connectivity index (χ0v) is 6.55. The molecule has 0 saturated carbocycles. The van der Waals surface area contributed by atoms with Gasteiger partial charge in [-0.15, -0.1) is 0 Å². The topological polar surface area (TPSA) is 38.5 Å². The summed E-state index contributed by atoms with van der Waals surface area (Å²) in [5, 5.41) is 2.00. The standard InChI is InChI=1S/C7H16N2O/c1-2-10-9-5-3-7(8)4-6-9/h7H,2-6,8H2,1H3. The van der Waals surface area contributed by atoms with E-state index in [-0.39, 0.29) is 0 Å². The first-order valence-electron chi connectivity index (χ1n) is 3.96. The minimum absolute atomic E-state index is 0.400. The number of hydrogen-bond donors (Lipinski definition) is 1. The second kappa shape index (κ2) is 3.91. The van der Waals surface area contributed by atoms with Crippen LogP contribution in [0.3, 0.4) is 0 Å². The molecular weight excluding hydrogens is 128 g/mol. The molecular formula is C7H16N2O. The van der Waals surface area contributed by atoms with E-state index in [1.165, 1.54) is 0 Å². The van der Waals surface area contributed by atoms with Crippen molar-refractivity contribution in [1.29, 1.82) is 0 Å². The number of nitrogens with zero attached hydrogens (tertiary/aromatic N) is 1. The fraction of sp³-hybridized carbons (Fsp3) is 1.00. The van der Waals surface area contributed by atoms with Crippen molar-refractivity contribution in [3.05, 3.63) is 0 Å². The fourth-order valence-electron chi connectivity index (χ4n) is 1.19. The van der Waals surface area contributed by atoms with Gasteiger partial charge >= 0.3 is 0 Å². The zero-order valence-electron chi connectivity index (χ0n) is 6.55. The van der Waals surface area contributed by atoms with Crippen molar-refractivity contribution in [3.8, 4) is 0 Å². The predicted molar refractivity (Wildman–Crippen MR) is 40.4 cm³/mol. The summed E-state index contributed by atoms with van der Waals surface area (Å²) in [6, 6.07) is 0.400. The summed E-state index contributed by atoms with van der Waals surface area (Å²) >= 11 is 0. The van der Waals surface area contributed by atoms with Crippen molar-refractivity contribution in [1.82, 2.24) is 5.06 Å². The molecule has 3 heteroatoms. The Morgan fingerprint density at radius 1 is 1.50 bits per heavy atom. The Morgan fingerprint density at radius 2 is 2.10 bits per heavy atom. The van der Waals surface area contributed by atoms with E-state index < -0.39 is 0 Å². The number of hydrogen-bond acceptors (Lipinski definition) is 3. The molecule has 0 amide bonds. The minimum atomic E-state index is 0.400. The summed E-state index contributed by atoms with van der Waals surface area (Å²) in [5.41, 5.74) is 5.71. The largest absolute Gasteiger partial charge is 0.328 e. The minimum Gasteiger partial charge on any atom is -0.328 e. The summed E-state index contributed by atoms with van der Waals surface area (Å²) in [7, 11) is 0. The quantitative estimate of drug-likeness (QED) is 0.608. The van der Waals surface area contributed by atoms with E-state index in [9.17, 15) is 0 Å². The second-order valence-electron chi connectivity index (χ2n) is 2.68. The smallest absolute Gasteiger partial charge is 0.0656 e. The van der Waals surface area contributed by atoms with Crippen molar-refractivity contribution < 1.29 is 4.84 Å². The molecule has 0 aromatic rings. The Morgan fingerprint density at radius 3 is 2.60 bits per heavy atom. The van der Waals surface area contributed by atoms with E-state index in [1.807, 2.05) is 12.0 Å². The Hall–Kier alpha value is -0.120.